The molecule has 114 valence electrons. The molecule has 2 rings (SSSR count). The van der Waals surface area contributed by atoms with Crippen molar-refractivity contribution in [2.24, 2.45) is 11.8 Å². The fourth-order valence-electron chi connectivity index (χ4n) is 2.60. The maximum absolute atomic E-state index is 11.9. The number of nitrogens with one attached hydrogen (secondary N) is 1. The second-order valence-electron chi connectivity index (χ2n) is 5.37. The number of benzene rings is 1. The van der Waals surface area contributed by atoms with Crippen molar-refractivity contribution in [3.8, 4) is 0 Å². The summed E-state index contributed by atoms with van der Waals surface area (Å²) < 4.78 is 5.48. The molecule has 1 aliphatic rings. The normalized spacial score (nSPS) is 21.1. The zero-order chi connectivity index (χ0) is 15.1. The van der Waals surface area contributed by atoms with Crippen LogP contribution >= 0.6 is 0 Å². The highest BCUT2D eigenvalue weighted by Crippen LogP contribution is 2.30. The first-order valence-corrected chi connectivity index (χ1v) is 7.29. The summed E-state index contributed by atoms with van der Waals surface area (Å²) in [6.45, 7) is 1.44. The van der Waals surface area contributed by atoms with Gasteiger partial charge in [0.05, 0.1) is 19.1 Å². The van der Waals surface area contributed by atoms with Crippen LogP contribution in [0.2, 0.25) is 0 Å². The van der Waals surface area contributed by atoms with Gasteiger partial charge in [-0.2, -0.15) is 0 Å². The second kappa shape index (κ2) is 7.78. The summed E-state index contributed by atoms with van der Waals surface area (Å²) in [5.41, 5.74) is 1.10. The first-order chi connectivity index (χ1) is 10.2. The molecule has 0 unspecified atom stereocenters. The molecule has 1 saturated carbocycles. The van der Waals surface area contributed by atoms with E-state index in [0.29, 0.717) is 39.0 Å². The van der Waals surface area contributed by atoms with Gasteiger partial charge in [-0.25, -0.2) is 0 Å². The van der Waals surface area contributed by atoms with Crippen LogP contribution in [0, 0.1) is 11.8 Å². The molecule has 0 spiro atoms. The summed E-state index contributed by atoms with van der Waals surface area (Å²) in [4.78, 5) is 22.7. The van der Waals surface area contributed by atoms with Crippen LogP contribution < -0.4 is 5.32 Å². The maximum Gasteiger partial charge on any atom is 0.306 e. The van der Waals surface area contributed by atoms with Gasteiger partial charge in [0.1, 0.15) is 0 Å². The van der Waals surface area contributed by atoms with Crippen molar-refractivity contribution in [1.82, 2.24) is 5.32 Å². The highest BCUT2D eigenvalue weighted by atomic mass is 16.5. The predicted molar refractivity (Wildman–Crippen MR) is 77.6 cm³/mol. The van der Waals surface area contributed by atoms with Gasteiger partial charge in [-0.1, -0.05) is 30.3 Å². The Hall–Kier alpha value is -1.88. The lowest BCUT2D eigenvalue weighted by Crippen LogP contribution is -2.32. The Labute approximate surface area is 124 Å². The summed E-state index contributed by atoms with van der Waals surface area (Å²) in [7, 11) is 0. The fourth-order valence-corrected chi connectivity index (χ4v) is 2.60. The summed E-state index contributed by atoms with van der Waals surface area (Å²) in [6.07, 6.45) is 1.71. The highest BCUT2D eigenvalue weighted by molar-refractivity contribution is 5.80. The third-order valence-corrected chi connectivity index (χ3v) is 3.81. The molecular formula is C16H21NO4. The Kier molecular flexibility index (Phi) is 5.75. The third kappa shape index (κ3) is 4.86. The molecule has 2 N–H and O–H groups in total. The van der Waals surface area contributed by atoms with Crippen LogP contribution in [0.1, 0.15) is 24.8 Å². The number of amides is 1. The van der Waals surface area contributed by atoms with Gasteiger partial charge in [-0.15, -0.1) is 0 Å². The van der Waals surface area contributed by atoms with Gasteiger partial charge in [0.25, 0.3) is 0 Å². The van der Waals surface area contributed by atoms with E-state index in [1.165, 1.54) is 0 Å². The van der Waals surface area contributed by atoms with Gasteiger partial charge < -0.3 is 15.2 Å². The SMILES string of the molecule is O=C(O)[C@@H]1CC[C@H](C(=O)NCCOCc2ccccc2)C1. The summed E-state index contributed by atoms with van der Waals surface area (Å²) in [5.74, 6) is -1.38. The molecule has 1 aromatic carbocycles. The van der Waals surface area contributed by atoms with Crippen molar-refractivity contribution in [2.75, 3.05) is 13.2 Å². The van der Waals surface area contributed by atoms with Crippen molar-refractivity contribution in [3.05, 3.63) is 35.9 Å². The standard InChI is InChI=1S/C16H21NO4/c18-15(13-6-7-14(10-13)16(19)20)17-8-9-21-11-12-4-2-1-3-5-12/h1-5,13-14H,6-11H2,(H,17,18)(H,19,20)/t13-,14+/m0/s1. The van der Waals surface area contributed by atoms with Crippen LogP contribution in [0.3, 0.4) is 0 Å². The van der Waals surface area contributed by atoms with E-state index in [1.54, 1.807) is 0 Å². The average Bonchev–Trinajstić information content (AvgIpc) is 2.98. The van der Waals surface area contributed by atoms with E-state index in [9.17, 15) is 9.59 Å². The number of carbonyl (C=O) groups excluding carboxylic acids is 1. The number of ether oxygens (including phenoxy) is 1. The minimum absolute atomic E-state index is 0.0536. The van der Waals surface area contributed by atoms with E-state index >= 15 is 0 Å². The Morgan fingerprint density at radius 2 is 1.90 bits per heavy atom. The fraction of sp³-hybridized carbons (Fsp3) is 0.500. The van der Waals surface area contributed by atoms with Crippen LogP contribution in [-0.2, 0) is 20.9 Å². The predicted octanol–water partition coefficient (Wildman–Crippen LogP) is 1.82. The summed E-state index contributed by atoms with van der Waals surface area (Å²) in [6, 6.07) is 9.85. The number of carboxylic acid groups (broad SMARTS) is 1. The van der Waals surface area contributed by atoms with E-state index in [-0.39, 0.29) is 17.7 Å². The quantitative estimate of drug-likeness (QED) is 0.751. The average molecular weight is 291 g/mol. The van der Waals surface area contributed by atoms with Gasteiger partial charge in [0.2, 0.25) is 5.91 Å². The molecule has 0 heterocycles. The Bertz CT molecular complexity index is 474. The van der Waals surface area contributed by atoms with Gasteiger partial charge in [0, 0.05) is 12.5 Å². The second-order valence-corrected chi connectivity index (χ2v) is 5.37. The molecule has 1 fully saturated rings. The van der Waals surface area contributed by atoms with Crippen molar-refractivity contribution >= 4 is 11.9 Å². The number of carbonyl (C=O) groups is 2. The molecule has 5 nitrogen and oxygen atoms in total. The number of hydrogen-bond acceptors (Lipinski definition) is 3. The van der Waals surface area contributed by atoms with Gasteiger partial charge in [-0.3, -0.25) is 9.59 Å². The monoisotopic (exact) mass is 291 g/mol. The highest BCUT2D eigenvalue weighted by Gasteiger charge is 2.33. The summed E-state index contributed by atoms with van der Waals surface area (Å²) >= 11 is 0. The molecule has 0 bridgehead atoms. The van der Waals surface area contributed by atoms with Crippen LogP contribution in [0.15, 0.2) is 30.3 Å². The Balaban J connectivity index is 1.59. The number of aliphatic carboxylic acids is 1. The van der Waals surface area contributed by atoms with E-state index in [4.69, 9.17) is 9.84 Å². The van der Waals surface area contributed by atoms with E-state index in [0.717, 1.165) is 5.56 Å². The molecule has 0 saturated heterocycles. The largest absolute Gasteiger partial charge is 0.481 e. The molecule has 0 aromatic heterocycles. The minimum atomic E-state index is -0.795. The van der Waals surface area contributed by atoms with Crippen LogP contribution in [0.25, 0.3) is 0 Å². The number of carboxylic acids is 1. The van der Waals surface area contributed by atoms with Gasteiger partial charge >= 0.3 is 5.97 Å². The van der Waals surface area contributed by atoms with Crippen LogP contribution in [0.5, 0.6) is 0 Å². The first-order valence-electron chi connectivity index (χ1n) is 7.29. The minimum Gasteiger partial charge on any atom is -0.481 e. The Morgan fingerprint density at radius 3 is 2.57 bits per heavy atom. The topological polar surface area (TPSA) is 75.6 Å². The molecule has 21 heavy (non-hydrogen) atoms. The van der Waals surface area contributed by atoms with Gasteiger partial charge in [-0.05, 0) is 24.8 Å². The molecule has 0 aliphatic heterocycles. The van der Waals surface area contributed by atoms with Crippen LogP contribution in [-0.4, -0.2) is 30.1 Å². The zero-order valence-electron chi connectivity index (χ0n) is 12.0. The Morgan fingerprint density at radius 1 is 1.19 bits per heavy atom. The third-order valence-electron chi connectivity index (χ3n) is 3.81. The molecule has 1 amide bonds. The molecule has 2 atom stereocenters. The smallest absolute Gasteiger partial charge is 0.306 e. The zero-order valence-corrected chi connectivity index (χ0v) is 12.0. The molecule has 1 aliphatic carbocycles. The van der Waals surface area contributed by atoms with Crippen molar-refractivity contribution < 1.29 is 19.4 Å². The number of hydrogen-bond donors (Lipinski definition) is 2. The number of rotatable bonds is 7. The lowest BCUT2D eigenvalue weighted by atomic mass is 10.0. The lowest BCUT2D eigenvalue weighted by molar-refractivity contribution is -0.141. The summed E-state index contributed by atoms with van der Waals surface area (Å²) in [5, 5.41) is 11.7. The van der Waals surface area contributed by atoms with Crippen molar-refractivity contribution in [3.63, 3.8) is 0 Å². The van der Waals surface area contributed by atoms with E-state index in [1.807, 2.05) is 30.3 Å². The lowest BCUT2D eigenvalue weighted by Gasteiger charge is -2.11. The van der Waals surface area contributed by atoms with Crippen molar-refractivity contribution in [2.45, 2.75) is 25.9 Å². The van der Waals surface area contributed by atoms with E-state index < -0.39 is 5.97 Å². The van der Waals surface area contributed by atoms with Crippen LogP contribution in [0.4, 0.5) is 0 Å². The van der Waals surface area contributed by atoms with Gasteiger partial charge in [0.15, 0.2) is 0 Å². The molecule has 1 aromatic rings. The maximum atomic E-state index is 11.9. The molecule has 5 heteroatoms. The first kappa shape index (κ1) is 15.5. The molecular weight excluding hydrogens is 270 g/mol. The van der Waals surface area contributed by atoms with E-state index in [2.05, 4.69) is 5.32 Å². The van der Waals surface area contributed by atoms with Crippen molar-refractivity contribution in [1.29, 1.82) is 0 Å². The molecule has 0 radical (unpaired) electrons.